The lowest BCUT2D eigenvalue weighted by molar-refractivity contribution is 0.392. The highest BCUT2D eigenvalue weighted by atomic mass is 15.2. The summed E-state index contributed by atoms with van der Waals surface area (Å²) in [7, 11) is 0. The smallest absolute Gasteiger partial charge is 0.252 e. The van der Waals surface area contributed by atoms with E-state index in [1.165, 1.54) is 83.9 Å². The van der Waals surface area contributed by atoms with Gasteiger partial charge in [0.15, 0.2) is 0 Å². The molecule has 0 amide bonds. The van der Waals surface area contributed by atoms with E-state index in [1.54, 1.807) is 5.56 Å². The largest absolute Gasteiger partial charge is 0.311 e. The lowest BCUT2D eigenvalue weighted by atomic mass is 9.33. The van der Waals surface area contributed by atoms with E-state index in [2.05, 4.69) is 143 Å². The van der Waals surface area contributed by atoms with Gasteiger partial charge < -0.3 is 9.80 Å². The number of rotatable bonds is 2. The molecule has 0 radical (unpaired) electrons. The van der Waals surface area contributed by atoms with Gasteiger partial charge in [-0.1, -0.05) is 82.3 Å². The molecule has 3 heteroatoms. The third-order valence-corrected chi connectivity index (χ3v) is 11.3. The first kappa shape index (κ1) is 28.0. The second-order valence-electron chi connectivity index (χ2n) is 16.2. The van der Waals surface area contributed by atoms with Crippen molar-refractivity contribution in [2.75, 3.05) is 9.80 Å². The molecule has 0 bridgehead atoms. The molecule has 0 aromatic heterocycles. The predicted molar refractivity (Wildman–Crippen MR) is 197 cm³/mol. The first-order valence-corrected chi connectivity index (χ1v) is 17.2. The number of para-hydroxylation sites is 2. The van der Waals surface area contributed by atoms with E-state index in [0.717, 1.165) is 25.7 Å². The fourth-order valence-electron chi connectivity index (χ4n) is 9.45. The van der Waals surface area contributed by atoms with E-state index in [4.69, 9.17) is 0 Å². The van der Waals surface area contributed by atoms with Gasteiger partial charge in [0, 0.05) is 34.1 Å². The van der Waals surface area contributed by atoms with Gasteiger partial charge in [0.25, 0.3) is 6.71 Å². The van der Waals surface area contributed by atoms with Crippen molar-refractivity contribution in [1.82, 2.24) is 0 Å². The summed E-state index contributed by atoms with van der Waals surface area (Å²) in [5.41, 5.74) is 22.9. The first-order chi connectivity index (χ1) is 22.0. The van der Waals surface area contributed by atoms with Crippen molar-refractivity contribution in [2.24, 2.45) is 10.8 Å². The highest BCUT2D eigenvalue weighted by Crippen LogP contribution is 2.50. The third kappa shape index (κ3) is 3.96. The summed E-state index contributed by atoms with van der Waals surface area (Å²) in [4.78, 5) is 5.26. The minimum absolute atomic E-state index is 0.180. The molecular weight excluding hydrogens is 555 g/mol. The first-order valence-electron chi connectivity index (χ1n) is 17.2. The molecule has 0 saturated carbocycles. The SMILES string of the molecule is Cc1cc2c3c(c1)N(c1ccccc1C)c1c(ccc4c1CC(C)(C)C4)B3c1cc3c(cc1N2c1ccccc1C)CC(C)(C)C3. The molecule has 4 aliphatic rings. The summed E-state index contributed by atoms with van der Waals surface area (Å²) >= 11 is 0. The van der Waals surface area contributed by atoms with Crippen molar-refractivity contribution in [3.8, 4) is 0 Å². The molecular formula is C43H43BN2. The molecule has 9 rings (SSSR count). The number of nitrogens with zero attached hydrogens (tertiary/aromatic N) is 2. The van der Waals surface area contributed by atoms with Crippen LogP contribution in [0.4, 0.5) is 34.1 Å². The van der Waals surface area contributed by atoms with Crippen LogP contribution in [0.1, 0.15) is 66.6 Å². The van der Waals surface area contributed by atoms with Crippen LogP contribution in [0.15, 0.2) is 84.9 Å². The molecule has 2 nitrogen and oxygen atoms in total. The molecule has 5 aromatic rings. The summed E-state index contributed by atoms with van der Waals surface area (Å²) in [5.74, 6) is 0. The Bertz CT molecular complexity index is 2120. The number of fused-ring (bicyclic) bond motifs is 7. The van der Waals surface area contributed by atoms with Gasteiger partial charge in [-0.15, -0.1) is 0 Å². The molecule has 228 valence electrons. The zero-order valence-corrected chi connectivity index (χ0v) is 28.4. The van der Waals surface area contributed by atoms with Gasteiger partial charge in [-0.05, 0) is 143 Å². The fraction of sp³-hybridized carbons (Fsp3) is 0.302. The summed E-state index contributed by atoms with van der Waals surface area (Å²) < 4.78 is 0. The molecule has 0 spiro atoms. The van der Waals surface area contributed by atoms with Crippen LogP contribution in [0.25, 0.3) is 0 Å². The fourth-order valence-corrected chi connectivity index (χ4v) is 9.45. The lowest BCUT2D eigenvalue weighted by Gasteiger charge is -2.45. The van der Waals surface area contributed by atoms with Crippen LogP contribution in [0.2, 0.25) is 0 Å². The number of benzene rings is 5. The zero-order chi connectivity index (χ0) is 31.7. The highest BCUT2D eigenvalue weighted by molar-refractivity contribution is 7.00. The minimum Gasteiger partial charge on any atom is -0.311 e. The third-order valence-electron chi connectivity index (χ3n) is 11.3. The van der Waals surface area contributed by atoms with E-state index >= 15 is 0 Å². The molecule has 2 heterocycles. The normalized spacial score (nSPS) is 17.8. The number of hydrogen-bond donors (Lipinski definition) is 0. The van der Waals surface area contributed by atoms with Crippen LogP contribution < -0.4 is 26.2 Å². The average molecular weight is 599 g/mol. The Kier molecular flexibility index (Phi) is 5.73. The minimum atomic E-state index is 0.180. The van der Waals surface area contributed by atoms with Crippen LogP contribution in [0.5, 0.6) is 0 Å². The molecule has 0 saturated heterocycles. The van der Waals surface area contributed by atoms with Crippen molar-refractivity contribution < 1.29 is 0 Å². The molecule has 2 aliphatic carbocycles. The predicted octanol–water partition coefficient (Wildman–Crippen LogP) is 8.94. The Hall–Kier alpha value is -4.24. The van der Waals surface area contributed by atoms with E-state index in [9.17, 15) is 0 Å². The van der Waals surface area contributed by atoms with E-state index < -0.39 is 0 Å². The maximum Gasteiger partial charge on any atom is 0.252 e. The van der Waals surface area contributed by atoms with Crippen LogP contribution in [0.3, 0.4) is 0 Å². The van der Waals surface area contributed by atoms with Crippen molar-refractivity contribution >= 4 is 57.2 Å². The van der Waals surface area contributed by atoms with Gasteiger partial charge in [0.2, 0.25) is 0 Å². The molecule has 46 heavy (non-hydrogen) atoms. The van der Waals surface area contributed by atoms with Crippen LogP contribution >= 0.6 is 0 Å². The standard InChI is InChI=1S/C43H43BN2/c1-26-18-38-40-39(19-26)46(36-15-11-9-13-28(36)3)41-32-25-43(6,7)22-29(32)16-17-33(41)44(40)34-20-30-23-42(4,5)24-31(30)21-37(34)45(38)35-14-10-8-12-27(35)2/h8-21H,22-25H2,1-7H3. The molecule has 0 N–H and O–H groups in total. The zero-order valence-electron chi connectivity index (χ0n) is 28.4. The van der Waals surface area contributed by atoms with Gasteiger partial charge in [0.1, 0.15) is 0 Å². The Morgan fingerprint density at radius 3 is 1.76 bits per heavy atom. The Morgan fingerprint density at radius 1 is 0.522 bits per heavy atom. The van der Waals surface area contributed by atoms with Crippen molar-refractivity contribution in [3.05, 3.63) is 124 Å². The quantitative estimate of drug-likeness (QED) is 0.183. The van der Waals surface area contributed by atoms with Gasteiger partial charge in [-0.2, -0.15) is 0 Å². The number of anilines is 6. The summed E-state index contributed by atoms with van der Waals surface area (Å²) in [6.07, 6.45) is 4.51. The summed E-state index contributed by atoms with van der Waals surface area (Å²) in [5, 5.41) is 0. The molecule has 5 aromatic carbocycles. The number of aryl methyl sites for hydroxylation is 3. The second-order valence-corrected chi connectivity index (χ2v) is 16.2. The molecule has 0 atom stereocenters. The van der Waals surface area contributed by atoms with Crippen molar-refractivity contribution in [3.63, 3.8) is 0 Å². The van der Waals surface area contributed by atoms with Crippen LogP contribution in [-0.4, -0.2) is 6.71 Å². The second kappa shape index (κ2) is 9.41. The maximum atomic E-state index is 2.66. The molecule has 2 aliphatic heterocycles. The highest BCUT2D eigenvalue weighted by Gasteiger charge is 2.47. The average Bonchev–Trinajstić information content (AvgIpc) is 3.49. The Morgan fingerprint density at radius 2 is 1.09 bits per heavy atom. The van der Waals surface area contributed by atoms with Gasteiger partial charge in [0.05, 0.1) is 0 Å². The van der Waals surface area contributed by atoms with E-state index in [1.807, 2.05) is 0 Å². The number of hydrogen-bond acceptors (Lipinski definition) is 2. The maximum absolute atomic E-state index is 2.66. The van der Waals surface area contributed by atoms with E-state index in [-0.39, 0.29) is 17.5 Å². The summed E-state index contributed by atoms with van der Waals surface area (Å²) in [6.45, 7) is 16.8. The van der Waals surface area contributed by atoms with Gasteiger partial charge in [-0.3, -0.25) is 0 Å². The van der Waals surface area contributed by atoms with Gasteiger partial charge >= 0.3 is 0 Å². The topological polar surface area (TPSA) is 6.48 Å². The summed E-state index contributed by atoms with van der Waals surface area (Å²) in [6, 6.07) is 33.0. The molecule has 0 fully saturated rings. The van der Waals surface area contributed by atoms with Crippen LogP contribution in [-0.2, 0) is 25.7 Å². The van der Waals surface area contributed by atoms with Gasteiger partial charge in [-0.25, -0.2) is 0 Å². The Labute approximate surface area is 275 Å². The van der Waals surface area contributed by atoms with Crippen molar-refractivity contribution in [2.45, 2.75) is 74.1 Å². The van der Waals surface area contributed by atoms with Crippen molar-refractivity contribution in [1.29, 1.82) is 0 Å². The monoisotopic (exact) mass is 598 g/mol. The Balaban J connectivity index is 1.42. The molecule has 0 unspecified atom stereocenters. The van der Waals surface area contributed by atoms with Crippen LogP contribution in [0, 0.1) is 31.6 Å². The van der Waals surface area contributed by atoms with E-state index in [0.29, 0.717) is 0 Å². The lowest BCUT2D eigenvalue weighted by Crippen LogP contribution is -2.61.